The van der Waals surface area contributed by atoms with Crippen molar-refractivity contribution >= 4 is 22.4 Å². The van der Waals surface area contributed by atoms with Gasteiger partial charge in [-0.2, -0.15) is 4.37 Å². The monoisotopic (exact) mass is 213 g/mol. The minimum atomic E-state index is 0.378. The molecule has 0 aromatic carbocycles. The summed E-state index contributed by atoms with van der Waals surface area (Å²) in [6.45, 7) is 1.84. The lowest BCUT2D eigenvalue weighted by Crippen LogP contribution is -2.27. The molecular weight excluding hydrogens is 198 g/mol. The number of nitrogens with two attached hydrogens (primary N) is 1. The quantitative estimate of drug-likeness (QED) is 0.823. The highest BCUT2D eigenvalue weighted by Gasteiger charge is 2.18. The Morgan fingerprint density at radius 2 is 2.64 bits per heavy atom. The minimum absolute atomic E-state index is 0.378. The van der Waals surface area contributed by atoms with E-state index in [1.165, 1.54) is 24.4 Å². The fourth-order valence-corrected chi connectivity index (χ4v) is 2.28. The van der Waals surface area contributed by atoms with Gasteiger partial charge in [-0.1, -0.05) is 0 Å². The number of likely N-dealkylation sites (N-methyl/N-ethyl adjacent to an activating group) is 1. The molecule has 1 atom stereocenters. The molecule has 1 aliphatic rings. The summed E-state index contributed by atoms with van der Waals surface area (Å²) in [5.41, 5.74) is 5.57. The molecule has 2 rings (SSSR count). The maximum absolute atomic E-state index is 5.57. The van der Waals surface area contributed by atoms with Crippen molar-refractivity contribution < 1.29 is 4.74 Å². The van der Waals surface area contributed by atoms with Crippen molar-refractivity contribution in [2.45, 2.75) is 18.9 Å². The predicted molar refractivity (Wildman–Crippen MR) is 58.8 cm³/mol. The fraction of sp³-hybridized carbons (Fsp3) is 0.667. The second kappa shape index (κ2) is 4.14. The number of nitrogen functional groups attached to an aromatic ring is 1. The second-order valence-electron chi connectivity index (χ2n) is 3.61. The van der Waals surface area contributed by atoms with E-state index in [0.29, 0.717) is 11.9 Å². The zero-order valence-corrected chi connectivity index (χ0v) is 9.09. The number of ether oxygens (including phenoxy) is 1. The molecule has 2 heterocycles. The van der Waals surface area contributed by atoms with Gasteiger partial charge < -0.3 is 15.4 Å². The lowest BCUT2D eigenvalue weighted by Gasteiger charge is -2.20. The van der Waals surface area contributed by atoms with E-state index in [1.54, 1.807) is 0 Å². The molecule has 1 aromatic rings. The zero-order chi connectivity index (χ0) is 9.97. The van der Waals surface area contributed by atoms with Gasteiger partial charge in [0.05, 0.1) is 6.10 Å². The average Bonchev–Trinajstić information content (AvgIpc) is 2.75. The van der Waals surface area contributed by atoms with E-state index in [4.69, 9.17) is 10.5 Å². The summed E-state index contributed by atoms with van der Waals surface area (Å²) in [5, 5.41) is 1.11. The van der Waals surface area contributed by atoms with Gasteiger partial charge in [0, 0.05) is 26.3 Å². The van der Waals surface area contributed by atoms with E-state index in [2.05, 4.69) is 16.3 Å². The maximum Gasteiger partial charge on any atom is 0.139 e. The van der Waals surface area contributed by atoms with Crippen molar-refractivity contribution in [1.29, 1.82) is 0 Å². The van der Waals surface area contributed by atoms with Crippen LogP contribution in [0.15, 0.2) is 6.07 Å². The van der Waals surface area contributed by atoms with Crippen LogP contribution < -0.4 is 10.6 Å². The van der Waals surface area contributed by atoms with Gasteiger partial charge >= 0.3 is 0 Å². The molecule has 0 radical (unpaired) electrons. The Morgan fingerprint density at radius 1 is 1.79 bits per heavy atom. The summed E-state index contributed by atoms with van der Waals surface area (Å²) in [7, 11) is 2.05. The summed E-state index contributed by atoms with van der Waals surface area (Å²) >= 11 is 1.44. The van der Waals surface area contributed by atoms with Crippen molar-refractivity contribution in [3.63, 3.8) is 0 Å². The highest BCUT2D eigenvalue weighted by molar-refractivity contribution is 7.10. The summed E-state index contributed by atoms with van der Waals surface area (Å²) < 4.78 is 9.61. The number of aromatic nitrogens is 1. The van der Waals surface area contributed by atoms with Gasteiger partial charge in [-0.25, -0.2) is 0 Å². The third-order valence-electron chi connectivity index (χ3n) is 2.39. The third kappa shape index (κ3) is 2.16. The number of anilines is 2. The molecule has 0 aliphatic carbocycles. The Morgan fingerprint density at radius 3 is 3.21 bits per heavy atom. The molecule has 1 aliphatic heterocycles. The molecule has 0 amide bonds. The van der Waals surface area contributed by atoms with Crippen LogP contribution in [-0.2, 0) is 4.74 Å². The van der Waals surface area contributed by atoms with Crippen molar-refractivity contribution in [2.24, 2.45) is 0 Å². The zero-order valence-electron chi connectivity index (χ0n) is 8.27. The van der Waals surface area contributed by atoms with Crippen LogP contribution in [0.4, 0.5) is 10.8 Å². The Labute approximate surface area is 87.8 Å². The SMILES string of the molecule is CN(CC1CCCO1)c1cc(N)ns1. The van der Waals surface area contributed by atoms with E-state index in [9.17, 15) is 0 Å². The average molecular weight is 213 g/mol. The molecule has 14 heavy (non-hydrogen) atoms. The molecule has 4 nitrogen and oxygen atoms in total. The Balaban J connectivity index is 1.91. The molecule has 2 N–H and O–H groups in total. The first-order valence-corrected chi connectivity index (χ1v) is 5.58. The maximum atomic E-state index is 5.57. The number of rotatable bonds is 3. The van der Waals surface area contributed by atoms with Crippen molar-refractivity contribution in [3.05, 3.63) is 6.07 Å². The standard InChI is InChI=1S/C9H15N3OS/c1-12(6-7-3-2-4-13-7)9-5-8(10)11-14-9/h5,7H,2-4,6H2,1H3,(H2,10,11). The van der Waals surface area contributed by atoms with Crippen molar-refractivity contribution in [1.82, 2.24) is 4.37 Å². The molecule has 1 unspecified atom stereocenters. The van der Waals surface area contributed by atoms with E-state index in [1.807, 2.05) is 6.07 Å². The van der Waals surface area contributed by atoms with Crippen LogP contribution in [0.5, 0.6) is 0 Å². The summed E-state index contributed by atoms with van der Waals surface area (Å²) in [4.78, 5) is 2.16. The van der Waals surface area contributed by atoms with Gasteiger partial charge in [0.15, 0.2) is 0 Å². The largest absolute Gasteiger partial charge is 0.383 e. The van der Waals surface area contributed by atoms with Crippen LogP contribution >= 0.6 is 11.5 Å². The molecule has 1 fully saturated rings. The molecule has 78 valence electrons. The molecule has 0 spiro atoms. The van der Waals surface area contributed by atoms with Crippen LogP contribution in [0.3, 0.4) is 0 Å². The number of hydrogen-bond acceptors (Lipinski definition) is 5. The predicted octanol–water partition coefficient (Wildman–Crippen LogP) is 1.34. The Bertz CT molecular complexity index is 296. The third-order valence-corrected chi connectivity index (χ3v) is 3.31. The first-order valence-electron chi connectivity index (χ1n) is 4.80. The van der Waals surface area contributed by atoms with Crippen LogP contribution in [-0.4, -0.2) is 30.7 Å². The van der Waals surface area contributed by atoms with Gasteiger partial charge in [-0.15, -0.1) is 0 Å². The van der Waals surface area contributed by atoms with Gasteiger partial charge in [0.1, 0.15) is 10.8 Å². The molecule has 0 bridgehead atoms. The van der Waals surface area contributed by atoms with Gasteiger partial charge in [-0.05, 0) is 24.4 Å². The van der Waals surface area contributed by atoms with E-state index < -0.39 is 0 Å². The van der Waals surface area contributed by atoms with Crippen LogP contribution in [0.1, 0.15) is 12.8 Å². The molecule has 0 saturated carbocycles. The fourth-order valence-electron chi connectivity index (χ4n) is 1.64. The molecule has 5 heteroatoms. The first-order chi connectivity index (χ1) is 6.75. The molecular formula is C9H15N3OS. The van der Waals surface area contributed by atoms with Crippen LogP contribution in [0, 0.1) is 0 Å². The topological polar surface area (TPSA) is 51.4 Å². The second-order valence-corrected chi connectivity index (χ2v) is 4.39. The smallest absolute Gasteiger partial charge is 0.139 e. The Hall–Kier alpha value is -0.810. The van der Waals surface area contributed by atoms with E-state index in [-0.39, 0.29) is 0 Å². The lowest BCUT2D eigenvalue weighted by molar-refractivity contribution is 0.116. The summed E-state index contributed by atoms with van der Waals surface area (Å²) in [6.07, 6.45) is 2.73. The minimum Gasteiger partial charge on any atom is -0.383 e. The molecule has 1 aromatic heterocycles. The summed E-state index contributed by atoms with van der Waals surface area (Å²) in [6, 6.07) is 1.90. The van der Waals surface area contributed by atoms with Crippen molar-refractivity contribution in [3.8, 4) is 0 Å². The lowest BCUT2D eigenvalue weighted by atomic mass is 10.2. The van der Waals surface area contributed by atoms with Gasteiger partial charge in [-0.3, -0.25) is 0 Å². The first kappa shape index (κ1) is 9.73. The van der Waals surface area contributed by atoms with Crippen LogP contribution in [0.2, 0.25) is 0 Å². The van der Waals surface area contributed by atoms with Gasteiger partial charge in [0.25, 0.3) is 0 Å². The Kier molecular flexibility index (Phi) is 2.88. The van der Waals surface area contributed by atoms with E-state index in [0.717, 1.165) is 18.2 Å². The number of hydrogen-bond donors (Lipinski definition) is 1. The van der Waals surface area contributed by atoms with Crippen molar-refractivity contribution in [2.75, 3.05) is 30.8 Å². The normalized spacial score (nSPS) is 21.4. The summed E-state index contributed by atoms with van der Waals surface area (Å²) in [5.74, 6) is 0.601. The number of nitrogens with zero attached hydrogens (tertiary/aromatic N) is 2. The van der Waals surface area contributed by atoms with E-state index >= 15 is 0 Å². The highest BCUT2D eigenvalue weighted by Crippen LogP contribution is 2.23. The van der Waals surface area contributed by atoms with Crippen LogP contribution in [0.25, 0.3) is 0 Å². The molecule has 1 saturated heterocycles. The highest BCUT2D eigenvalue weighted by atomic mass is 32.1. The van der Waals surface area contributed by atoms with Gasteiger partial charge in [0.2, 0.25) is 0 Å².